The number of hydrogen-bond donors (Lipinski definition) is 3. The Bertz CT molecular complexity index is 855. The molecule has 0 aliphatic carbocycles. The van der Waals surface area contributed by atoms with Gasteiger partial charge in [0, 0.05) is 11.1 Å². The molecule has 0 amide bonds. The highest BCUT2D eigenvalue weighted by Crippen LogP contribution is 2.34. The molecule has 0 heterocycles. The molecule has 0 aromatic heterocycles. The summed E-state index contributed by atoms with van der Waals surface area (Å²) in [5, 5.41) is 10.0. The van der Waals surface area contributed by atoms with Gasteiger partial charge in [0.1, 0.15) is 5.75 Å². The summed E-state index contributed by atoms with van der Waals surface area (Å²) in [4.78, 5) is 0. The lowest BCUT2D eigenvalue weighted by atomic mass is 9.99. The van der Waals surface area contributed by atoms with Crippen LogP contribution in [0.4, 0.5) is 11.4 Å². The Hall–Kier alpha value is -3.20. The van der Waals surface area contributed by atoms with Crippen LogP contribution in [0.3, 0.4) is 0 Å². The number of aromatic hydroxyl groups is 1. The molecule has 0 aliphatic heterocycles. The zero-order chi connectivity index (χ0) is 16.2. The first-order valence-electron chi connectivity index (χ1n) is 7.35. The van der Waals surface area contributed by atoms with Crippen molar-refractivity contribution in [3.05, 3.63) is 77.9 Å². The minimum atomic E-state index is 0.217. The van der Waals surface area contributed by atoms with Gasteiger partial charge < -0.3 is 16.6 Å². The topological polar surface area (TPSA) is 72.3 Å². The van der Waals surface area contributed by atoms with Gasteiger partial charge in [-0.05, 0) is 29.3 Å². The zero-order valence-corrected chi connectivity index (χ0v) is 12.6. The lowest BCUT2D eigenvalue weighted by Gasteiger charge is -2.10. The third kappa shape index (κ3) is 3.19. The highest BCUT2D eigenvalue weighted by molar-refractivity contribution is 5.87. The standard InChI is InChI=1S/C20H18N2O/c21-18-13-16(17-8-4-5-9-19(17)23)12-15(20(18)22)11-10-14-6-2-1-3-7-14/h1-13,23H,21-22H2. The monoisotopic (exact) mass is 302 g/mol. The molecule has 114 valence electrons. The maximum Gasteiger partial charge on any atom is 0.123 e. The van der Waals surface area contributed by atoms with Crippen molar-refractivity contribution in [3.8, 4) is 16.9 Å². The second-order valence-corrected chi connectivity index (χ2v) is 5.33. The van der Waals surface area contributed by atoms with Crippen molar-refractivity contribution in [1.82, 2.24) is 0 Å². The predicted octanol–water partition coefficient (Wildman–Crippen LogP) is 4.39. The van der Waals surface area contributed by atoms with E-state index in [0.717, 1.165) is 22.3 Å². The van der Waals surface area contributed by atoms with E-state index in [1.165, 1.54) is 0 Å². The molecule has 3 aromatic carbocycles. The van der Waals surface area contributed by atoms with Crippen LogP contribution in [0.5, 0.6) is 5.75 Å². The van der Waals surface area contributed by atoms with Crippen LogP contribution >= 0.6 is 0 Å². The third-order valence-corrected chi connectivity index (χ3v) is 3.71. The Morgan fingerprint density at radius 2 is 1.48 bits per heavy atom. The molecule has 0 saturated carbocycles. The van der Waals surface area contributed by atoms with Crippen molar-refractivity contribution in [2.24, 2.45) is 0 Å². The normalized spacial score (nSPS) is 11.0. The van der Waals surface area contributed by atoms with Crippen LogP contribution in [0, 0.1) is 0 Å². The highest BCUT2D eigenvalue weighted by atomic mass is 16.3. The summed E-state index contributed by atoms with van der Waals surface area (Å²) in [6, 6.07) is 20.9. The number of para-hydroxylation sites is 1. The molecule has 23 heavy (non-hydrogen) atoms. The molecule has 0 unspecified atom stereocenters. The molecule has 0 radical (unpaired) electrons. The van der Waals surface area contributed by atoms with Crippen LogP contribution < -0.4 is 11.5 Å². The van der Waals surface area contributed by atoms with Crippen LogP contribution in [0.2, 0.25) is 0 Å². The van der Waals surface area contributed by atoms with Gasteiger partial charge >= 0.3 is 0 Å². The van der Waals surface area contributed by atoms with Crippen molar-refractivity contribution in [2.45, 2.75) is 0 Å². The first-order valence-corrected chi connectivity index (χ1v) is 7.35. The quantitative estimate of drug-likeness (QED) is 0.496. The van der Waals surface area contributed by atoms with Crippen LogP contribution in [0.15, 0.2) is 66.7 Å². The Labute approximate surface area is 135 Å². The van der Waals surface area contributed by atoms with Gasteiger partial charge in [-0.1, -0.05) is 60.7 Å². The van der Waals surface area contributed by atoms with Gasteiger partial charge in [-0.2, -0.15) is 0 Å². The second-order valence-electron chi connectivity index (χ2n) is 5.33. The van der Waals surface area contributed by atoms with Crippen molar-refractivity contribution < 1.29 is 5.11 Å². The molecule has 0 atom stereocenters. The fraction of sp³-hybridized carbons (Fsp3) is 0. The number of phenols is 1. The fourth-order valence-corrected chi connectivity index (χ4v) is 2.46. The number of nitrogens with two attached hydrogens (primary N) is 2. The number of nitrogen functional groups attached to an aromatic ring is 2. The minimum absolute atomic E-state index is 0.217. The number of phenolic OH excluding ortho intramolecular Hbond substituents is 1. The summed E-state index contributed by atoms with van der Waals surface area (Å²) < 4.78 is 0. The molecule has 3 heteroatoms. The molecule has 3 nitrogen and oxygen atoms in total. The average Bonchev–Trinajstić information content (AvgIpc) is 2.57. The third-order valence-electron chi connectivity index (χ3n) is 3.71. The molecule has 0 saturated heterocycles. The van der Waals surface area contributed by atoms with Crippen LogP contribution in [-0.4, -0.2) is 5.11 Å². The van der Waals surface area contributed by atoms with E-state index in [1.807, 2.05) is 60.7 Å². The highest BCUT2D eigenvalue weighted by Gasteiger charge is 2.08. The molecule has 3 aromatic rings. The fourth-order valence-electron chi connectivity index (χ4n) is 2.46. The molecular formula is C20H18N2O. The number of anilines is 2. The summed E-state index contributed by atoms with van der Waals surface area (Å²) in [5.74, 6) is 0.217. The average molecular weight is 302 g/mol. The summed E-state index contributed by atoms with van der Waals surface area (Å²) in [7, 11) is 0. The first-order chi connectivity index (χ1) is 11.1. The lowest BCUT2D eigenvalue weighted by molar-refractivity contribution is 0.477. The molecule has 0 spiro atoms. The Kier molecular flexibility index (Phi) is 4.02. The van der Waals surface area contributed by atoms with Crippen molar-refractivity contribution in [1.29, 1.82) is 0 Å². The van der Waals surface area contributed by atoms with E-state index in [0.29, 0.717) is 11.4 Å². The molecule has 0 fully saturated rings. The lowest BCUT2D eigenvalue weighted by Crippen LogP contribution is -1.98. The van der Waals surface area contributed by atoms with Gasteiger partial charge in [-0.25, -0.2) is 0 Å². The number of rotatable bonds is 3. The summed E-state index contributed by atoms with van der Waals surface area (Å²) >= 11 is 0. The summed E-state index contributed by atoms with van der Waals surface area (Å²) in [5.41, 5.74) is 16.6. The van der Waals surface area contributed by atoms with Gasteiger partial charge in [0.25, 0.3) is 0 Å². The minimum Gasteiger partial charge on any atom is -0.507 e. The molecule has 0 aliphatic rings. The Morgan fingerprint density at radius 3 is 2.22 bits per heavy atom. The molecule has 0 bridgehead atoms. The Balaban J connectivity index is 2.04. The molecule has 3 rings (SSSR count). The second kappa shape index (κ2) is 6.28. The summed E-state index contributed by atoms with van der Waals surface area (Å²) in [6.45, 7) is 0. The van der Waals surface area contributed by atoms with Gasteiger partial charge in [0.2, 0.25) is 0 Å². The van der Waals surface area contributed by atoms with E-state index in [2.05, 4.69) is 0 Å². The van der Waals surface area contributed by atoms with E-state index in [9.17, 15) is 5.11 Å². The van der Waals surface area contributed by atoms with Crippen molar-refractivity contribution >= 4 is 23.5 Å². The SMILES string of the molecule is Nc1cc(-c2ccccc2O)cc(C=Cc2ccccc2)c1N. The largest absolute Gasteiger partial charge is 0.507 e. The molecular weight excluding hydrogens is 284 g/mol. The van der Waals surface area contributed by atoms with Crippen LogP contribution in [0.25, 0.3) is 23.3 Å². The maximum absolute atomic E-state index is 10.0. The van der Waals surface area contributed by atoms with E-state index < -0.39 is 0 Å². The van der Waals surface area contributed by atoms with Gasteiger partial charge in [-0.3, -0.25) is 0 Å². The van der Waals surface area contributed by atoms with Crippen LogP contribution in [-0.2, 0) is 0 Å². The first kappa shape index (κ1) is 14.7. The summed E-state index contributed by atoms with van der Waals surface area (Å²) in [6.07, 6.45) is 3.92. The van der Waals surface area contributed by atoms with Gasteiger partial charge in [0.15, 0.2) is 0 Å². The van der Waals surface area contributed by atoms with E-state index in [1.54, 1.807) is 18.2 Å². The number of benzene rings is 3. The zero-order valence-electron chi connectivity index (χ0n) is 12.6. The van der Waals surface area contributed by atoms with E-state index in [-0.39, 0.29) is 5.75 Å². The Morgan fingerprint density at radius 1 is 0.783 bits per heavy atom. The van der Waals surface area contributed by atoms with E-state index in [4.69, 9.17) is 11.5 Å². The van der Waals surface area contributed by atoms with Crippen LogP contribution in [0.1, 0.15) is 11.1 Å². The molecule has 5 N–H and O–H groups in total. The van der Waals surface area contributed by atoms with E-state index >= 15 is 0 Å². The smallest absolute Gasteiger partial charge is 0.123 e. The van der Waals surface area contributed by atoms with Gasteiger partial charge in [-0.15, -0.1) is 0 Å². The van der Waals surface area contributed by atoms with Crippen molar-refractivity contribution in [2.75, 3.05) is 11.5 Å². The van der Waals surface area contributed by atoms with Gasteiger partial charge in [0.05, 0.1) is 11.4 Å². The predicted molar refractivity (Wildman–Crippen MR) is 97.7 cm³/mol. The van der Waals surface area contributed by atoms with Crippen molar-refractivity contribution in [3.63, 3.8) is 0 Å². The maximum atomic E-state index is 10.0. The number of hydrogen-bond acceptors (Lipinski definition) is 3.